The molecule has 0 amide bonds. The zero-order valence-corrected chi connectivity index (χ0v) is 14.2. The van der Waals surface area contributed by atoms with Crippen molar-refractivity contribution in [2.45, 2.75) is 6.54 Å². The molecule has 0 bridgehead atoms. The highest BCUT2D eigenvalue weighted by molar-refractivity contribution is 5.53. The number of non-ortho nitro benzene ring substituents is 1. The first-order valence-electron chi connectivity index (χ1n) is 8.04. The second-order valence-corrected chi connectivity index (χ2v) is 5.95. The van der Waals surface area contributed by atoms with Gasteiger partial charge in [-0.1, -0.05) is 0 Å². The molecule has 1 fully saturated rings. The number of phenolic OH excluding ortho intramolecular Hbond substituents is 1. The molecule has 1 aromatic carbocycles. The van der Waals surface area contributed by atoms with Crippen molar-refractivity contribution in [3.8, 4) is 11.5 Å². The smallest absolute Gasteiger partial charge is 0.273 e. The Morgan fingerprint density at radius 3 is 2.65 bits per heavy atom. The van der Waals surface area contributed by atoms with E-state index in [1.807, 2.05) is 4.90 Å². The topological polar surface area (TPSA) is 125 Å². The van der Waals surface area contributed by atoms with Crippen LogP contribution in [0.1, 0.15) is 5.56 Å². The van der Waals surface area contributed by atoms with Crippen LogP contribution in [0.4, 0.5) is 11.5 Å². The molecule has 2 N–H and O–H groups in total. The Bertz CT molecular complexity index is 860. The summed E-state index contributed by atoms with van der Waals surface area (Å²) >= 11 is 0. The number of nitrogens with zero attached hydrogens (tertiary/aromatic N) is 4. The summed E-state index contributed by atoms with van der Waals surface area (Å²) in [5.41, 5.74) is 0.116. The quantitative estimate of drug-likeness (QED) is 0.589. The van der Waals surface area contributed by atoms with Crippen LogP contribution in [0.3, 0.4) is 0 Å². The molecule has 1 aliphatic heterocycles. The molecule has 2 heterocycles. The van der Waals surface area contributed by atoms with Gasteiger partial charge in [-0.3, -0.25) is 19.8 Å². The summed E-state index contributed by atoms with van der Waals surface area (Å²) in [5, 5.41) is 21.3. The molecule has 0 spiro atoms. The zero-order chi connectivity index (χ0) is 18.7. The van der Waals surface area contributed by atoms with E-state index in [1.54, 1.807) is 0 Å². The van der Waals surface area contributed by atoms with Crippen molar-refractivity contribution >= 4 is 11.5 Å². The third kappa shape index (κ3) is 3.75. The normalized spacial score (nSPS) is 15.0. The molecule has 26 heavy (non-hydrogen) atoms. The Labute approximate surface area is 148 Å². The minimum Gasteiger partial charge on any atom is -0.504 e. The molecule has 138 valence electrons. The number of piperazine rings is 1. The maximum absolute atomic E-state index is 11.4. The van der Waals surface area contributed by atoms with Gasteiger partial charge in [-0.15, -0.1) is 0 Å². The van der Waals surface area contributed by atoms with Gasteiger partial charge in [-0.2, -0.15) is 0 Å². The van der Waals surface area contributed by atoms with Crippen molar-refractivity contribution in [3.63, 3.8) is 0 Å². The van der Waals surface area contributed by atoms with Crippen LogP contribution in [0.2, 0.25) is 0 Å². The highest BCUT2D eigenvalue weighted by Gasteiger charge is 2.22. The molecular formula is C16H19N5O5. The van der Waals surface area contributed by atoms with Crippen molar-refractivity contribution in [2.24, 2.45) is 0 Å². The average molecular weight is 361 g/mol. The van der Waals surface area contributed by atoms with Crippen LogP contribution < -0.4 is 15.2 Å². The maximum atomic E-state index is 11.4. The van der Waals surface area contributed by atoms with E-state index in [-0.39, 0.29) is 22.7 Å². The fraction of sp³-hybridized carbons (Fsp3) is 0.375. The van der Waals surface area contributed by atoms with Crippen molar-refractivity contribution in [2.75, 3.05) is 38.2 Å². The van der Waals surface area contributed by atoms with Crippen molar-refractivity contribution < 1.29 is 14.8 Å². The summed E-state index contributed by atoms with van der Waals surface area (Å²) in [4.78, 5) is 32.7. The lowest BCUT2D eigenvalue weighted by Gasteiger charge is -2.35. The van der Waals surface area contributed by atoms with Gasteiger partial charge < -0.3 is 19.7 Å². The Kier molecular flexibility index (Phi) is 5.03. The van der Waals surface area contributed by atoms with Crippen LogP contribution >= 0.6 is 0 Å². The Balaban J connectivity index is 1.70. The van der Waals surface area contributed by atoms with E-state index < -0.39 is 4.92 Å². The van der Waals surface area contributed by atoms with Crippen molar-refractivity contribution in [3.05, 3.63) is 50.6 Å². The van der Waals surface area contributed by atoms with Gasteiger partial charge in [0.05, 0.1) is 24.4 Å². The van der Waals surface area contributed by atoms with Crippen molar-refractivity contribution in [1.29, 1.82) is 0 Å². The predicted molar refractivity (Wildman–Crippen MR) is 93.7 cm³/mol. The number of hydrogen-bond acceptors (Lipinski definition) is 8. The molecule has 0 aliphatic carbocycles. The molecule has 0 radical (unpaired) electrons. The number of anilines is 1. The van der Waals surface area contributed by atoms with Crippen LogP contribution in [0.5, 0.6) is 11.5 Å². The van der Waals surface area contributed by atoms with Gasteiger partial charge in [-0.25, -0.2) is 4.98 Å². The van der Waals surface area contributed by atoms with Crippen molar-refractivity contribution in [1.82, 2.24) is 14.9 Å². The lowest BCUT2D eigenvalue weighted by molar-refractivity contribution is -0.385. The highest BCUT2D eigenvalue weighted by atomic mass is 16.6. The molecule has 10 heteroatoms. The molecule has 1 saturated heterocycles. The van der Waals surface area contributed by atoms with E-state index in [9.17, 15) is 20.0 Å². The Morgan fingerprint density at radius 2 is 2.04 bits per heavy atom. The van der Waals surface area contributed by atoms with Crippen LogP contribution in [0, 0.1) is 10.1 Å². The standard InChI is InChI=1S/C16H19N5O5/c1-26-13-7-12(21(24)25)6-11(16(13)23)9-19-2-4-20(5-3-19)14-8-15(22)18-10-17-14/h6-8,10,23H,2-5,9H2,1H3,(H,17,18,22). The summed E-state index contributed by atoms with van der Waals surface area (Å²) in [6.07, 6.45) is 1.37. The van der Waals surface area contributed by atoms with Crippen LogP contribution in [0.15, 0.2) is 29.3 Å². The molecule has 0 saturated carbocycles. The van der Waals surface area contributed by atoms with Gasteiger partial charge in [0.2, 0.25) is 0 Å². The number of aromatic nitrogens is 2. The Morgan fingerprint density at radius 1 is 1.31 bits per heavy atom. The zero-order valence-electron chi connectivity index (χ0n) is 14.2. The van der Waals surface area contributed by atoms with Gasteiger partial charge >= 0.3 is 0 Å². The Hall–Kier alpha value is -3.14. The number of benzene rings is 1. The molecular weight excluding hydrogens is 342 g/mol. The predicted octanol–water partition coefficient (Wildman–Crippen LogP) is 0.714. The molecule has 0 unspecified atom stereocenters. The number of aromatic hydroxyl groups is 1. The summed E-state index contributed by atoms with van der Waals surface area (Å²) in [7, 11) is 1.36. The number of rotatable bonds is 5. The fourth-order valence-corrected chi connectivity index (χ4v) is 2.94. The van der Waals surface area contributed by atoms with Crippen LogP contribution in [-0.4, -0.2) is 58.2 Å². The van der Waals surface area contributed by atoms with E-state index in [0.29, 0.717) is 44.1 Å². The molecule has 1 aromatic heterocycles. The number of aromatic amines is 1. The molecule has 0 atom stereocenters. The van der Waals surface area contributed by atoms with Gasteiger partial charge in [0.25, 0.3) is 11.2 Å². The number of phenols is 1. The maximum Gasteiger partial charge on any atom is 0.273 e. The third-order valence-corrected chi connectivity index (χ3v) is 4.32. The minimum atomic E-state index is -0.512. The molecule has 2 aromatic rings. The van der Waals surface area contributed by atoms with E-state index in [0.717, 1.165) is 0 Å². The summed E-state index contributed by atoms with van der Waals surface area (Å²) in [6.45, 7) is 3.00. The van der Waals surface area contributed by atoms with Gasteiger partial charge in [-0.05, 0) is 0 Å². The lowest BCUT2D eigenvalue weighted by atomic mass is 10.1. The van der Waals surface area contributed by atoms with Gasteiger partial charge in [0.15, 0.2) is 11.5 Å². The summed E-state index contributed by atoms with van der Waals surface area (Å²) < 4.78 is 5.03. The lowest BCUT2D eigenvalue weighted by Crippen LogP contribution is -2.46. The average Bonchev–Trinajstić information content (AvgIpc) is 2.64. The monoisotopic (exact) mass is 361 g/mol. The first-order valence-corrected chi connectivity index (χ1v) is 8.04. The van der Waals surface area contributed by atoms with E-state index >= 15 is 0 Å². The number of nitrogens with one attached hydrogen (secondary N) is 1. The first-order chi connectivity index (χ1) is 12.5. The van der Waals surface area contributed by atoms with E-state index in [4.69, 9.17) is 4.74 Å². The number of methoxy groups -OCH3 is 1. The van der Waals surface area contributed by atoms with Crippen LogP contribution in [0.25, 0.3) is 0 Å². The summed E-state index contributed by atoms with van der Waals surface area (Å²) in [5.74, 6) is 0.616. The third-order valence-electron chi connectivity index (χ3n) is 4.32. The highest BCUT2D eigenvalue weighted by Crippen LogP contribution is 2.35. The fourth-order valence-electron chi connectivity index (χ4n) is 2.94. The SMILES string of the molecule is COc1cc([N+](=O)[O-])cc(CN2CCN(c3cc(=O)[nH]cn3)CC2)c1O. The number of ether oxygens (including phenoxy) is 1. The van der Waals surface area contributed by atoms with Gasteiger partial charge in [0.1, 0.15) is 5.82 Å². The van der Waals surface area contributed by atoms with E-state index in [1.165, 1.54) is 31.6 Å². The number of H-pyrrole nitrogens is 1. The molecule has 3 rings (SSSR count). The molecule has 1 aliphatic rings. The van der Waals surface area contributed by atoms with Gasteiger partial charge in [0, 0.05) is 50.4 Å². The second-order valence-electron chi connectivity index (χ2n) is 5.95. The first kappa shape index (κ1) is 17.7. The number of hydrogen-bond donors (Lipinski definition) is 2. The number of nitro groups is 1. The summed E-state index contributed by atoms with van der Waals surface area (Å²) in [6, 6.07) is 4.02. The second kappa shape index (κ2) is 7.40. The minimum absolute atomic E-state index is 0.0838. The molecule has 10 nitrogen and oxygen atoms in total. The largest absolute Gasteiger partial charge is 0.504 e. The van der Waals surface area contributed by atoms with E-state index in [2.05, 4.69) is 14.9 Å². The number of nitro benzene ring substituents is 1. The van der Waals surface area contributed by atoms with Crippen LogP contribution in [-0.2, 0) is 6.54 Å².